The first-order valence-corrected chi connectivity index (χ1v) is 9.09. The van der Waals surface area contributed by atoms with E-state index in [1.807, 2.05) is 36.4 Å². The van der Waals surface area contributed by atoms with Crippen LogP contribution in [0, 0.1) is 0 Å². The summed E-state index contributed by atoms with van der Waals surface area (Å²) in [6.45, 7) is 0.0953. The number of ether oxygens (including phenoxy) is 1. The second-order valence-corrected chi connectivity index (χ2v) is 6.38. The van der Waals surface area contributed by atoms with E-state index in [2.05, 4.69) is 10.6 Å². The number of anilines is 1. The van der Waals surface area contributed by atoms with Crippen molar-refractivity contribution < 1.29 is 14.3 Å². The van der Waals surface area contributed by atoms with Gasteiger partial charge in [-0.1, -0.05) is 60.1 Å². The van der Waals surface area contributed by atoms with Crippen LogP contribution in [0.3, 0.4) is 0 Å². The van der Waals surface area contributed by atoms with Crippen molar-refractivity contribution in [1.82, 2.24) is 5.32 Å². The van der Waals surface area contributed by atoms with Crippen LogP contribution >= 0.6 is 11.6 Å². The molecule has 3 aromatic rings. The zero-order valence-corrected chi connectivity index (χ0v) is 15.8. The van der Waals surface area contributed by atoms with Gasteiger partial charge in [0.25, 0.3) is 11.8 Å². The maximum Gasteiger partial charge on any atom is 0.259 e. The molecule has 0 aliphatic carbocycles. The van der Waals surface area contributed by atoms with Gasteiger partial charge in [0.2, 0.25) is 0 Å². The van der Waals surface area contributed by atoms with E-state index >= 15 is 0 Å². The summed E-state index contributed by atoms with van der Waals surface area (Å²) in [7, 11) is 0. The number of amides is 2. The van der Waals surface area contributed by atoms with E-state index < -0.39 is 0 Å². The first-order valence-electron chi connectivity index (χ1n) is 8.72. The van der Waals surface area contributed by atoms with Gasteiger partial charge in [0, 0.05) is 17.3 Å². The van der Waals surface area contributed by atoms with Gasteiger partial charge < -0.3 is 15.4 Å². The summed E-state index contributed by atoms with van der Waals surface area (Å²) in [5, 5.41) is 6.14. The summed E-state index contributed by atoms with van der Waals surface area (Å²) in [4.78, 5) is 24.6. The minimum absolute atomic E-state index is 0.208. The molecule has 0 spiro atoms. The molecule has 28 heavy (non-hydrogen) atoms. The second-order valence-electron chi connectivity index (χ2n) is 5.97. The Kier molecular flexibility index (Phi) is 6.65. The molecule has 0 saturated carbocycles. The number of rotatable bonds is 7. The number of nitrogens with one attached hydrogen (secondary N) is 2. The Morgan fingerprint density at radius 1 is 0.857 bits per heavy atom. The van der Waals surface area contributed by atoms with Gasteiger partial charge in [-0.15, -0.1) is 0 Å². The molecule has 3 rings (SSSR count). The third-order valence-corrected chi connectivity index (χ3v) is 4.32. The number of hydrogen-bond acceptors (Lipinski definition) is 3. The molecule has 0 fully saturated rings. The predicted molar refractivity (Wildman–Crippen MR) is 110 cm³/mol. The van der Waals surface area contributed by atoms with E-state index in [1.54, 1.807) is 42.5 Å². The smallest absolute Gasteiger partial charge is 0.259 e. The maximum absolute atomic E-state index is 12.5. The van der Waals surface area contributed by atoms with Gasteiger partial charge in [0.05, 0.1) is 5.56 Å². The molecule has 0 heterocycles. The minimum Gasteiger partial charge on any atom is -0.483 e. The fourth-order valence-electron chi connectivity index (χ4n) is 2.53. The third-order valence-electron chi connectivity index (χ3n) is 3.96. The van der Waals surface area contributed by atoms with Gasteiger partial charge in [-0.2, -0.15) is 0 Å². The number of benzene rings is 3. The summed E-state index contributed by atoms with van der Waals surface area (Å²) >= 11 is 6.08. The van der Waals surface area contributed by atoms with Crippen molar-refractivity contribution in [2.45, 2.75) is 6.54 Å². The Morgan fingerprint density at radius 3 is 2.32 bits per heavy atom. The molecule has 0 aliphatic rings. The number of carbonyl (C=O) groups excluding carboxylic acids is 2. The van der Waals surface area contributed by atoms with E-state index in [1.165, 1.54) is 0 Å². The van der Waals surface area contributed by atoms with E-state index in [4.69, 9.17) is 16.3 Å². The molecular formula is C22H19ClN2O3. The van der Waals surface area contributed by atoms with Crippen molar-refractivity contribution in [3.8, 4) is 5.75 Å². The third kappa shape index (κ3) is 5.34. The van der Waals surface area contributed by atoms with Crippen LogP contribution in [0.1, 0.15) is 15.9 Å². The van der Waals surface area contributed by atoms with Gasteiger partial charge in [0.1, 0.15) is 5.75 Å². The second kappa shape index (κ2) is 9.58. The molecule has 0 atom stereocenters. The molecule has 0 unspecified atom stereocenters. The number of halogens is 1. The van der Waals surface area contributed by atoms with E-state index in [9.17, 15) is 9.59 Å². The summed E-state index contributed by atoms with van der Waals surface area (Å²) < 4.78 is 5.57. The number of carbonyl (C=O) groups is 2. The van der Waals surface area contributed by atoms with E-state index in [0.717, 1.165) is 5.56 Å². The van der Waals surface area contributed by atoms with Crippen LogP contribution in [0.25, 0.3) is 0 Å². The Morgan fingerprint density at radius 2 is 1.54 bits per heavy atom. The van der Waals surface area contributed by atoms with Gasteiger partial charge in [-0.3, -0.25) is 9.59 Å². The zero-order chi connectivity index (χ0) is 19.8. The molecular weight excluding hydrogens is 376 g/mol. The van der Waals surface area contributed by atoms with Crippen molar-refractivity contribution >= 4 is 29.1 Å². The Balaban J connectivity index is 1.58. The lowest BCUT2D eigenvalue weighted by atomic mass is 10.2. The highest BCUT2D eigenvalue weighted by atomic mass is 35.5. The summed E-state index contributed by atoms with van der Waals surface area (Å²) in [6.07, 6.45) is 0. The van der Waals surface area contributed by atoms with Crippen LogP contribution < -0.4 is 15.4 Å². The normalized spacial score (nSPS) is 10.2. The van der Waals surface area contributed by atoms with Crippen molar-refractivity contribution in [3.63, 3.8) is 0 Å². The van der Waals surface area contributed by atoms with Gasteiger partial charge in [0.15, 0.2) is 6.61 Å². The van der Waals surface area contributed by atoms with Crippen molar-refractivity contribution in [2.24, 2.45) is 0 Å². The van der Waals surface area contributed by atoms with Crippen molar-refractivity contribution in [2.75, 3.05) is 11.9 Å². The van der Waals surface area contributed by atoms with Crippen LogP contribution in [-0.4, -0.2) is 18.4 Å². The SMILES string of the molecule is O=C(COc1ccccc1C(=O)Nc1ccccc1)NCc1ccccc1Cl. The monoisotopic (exact) mass is 394 g/mol. The standard InChI is InChI=1S/C22H19ClN2O3/c23-19-12-6-4-8-16(19)14-24-21(26)15-28-20-13-7-5-11-18(20)22(27)25-17-9-2-1-3-10-17/h1-13H,14-15H2,(H,24,26)(H,25,27). The van der Waals surface area contributed by atoms with Crippen molar-refractivity contribution in [3.05, 3.63) is 95.0 Å². The fraction of sp³-hybridized carbons (Fsp3) is 0.0909. The van der Waals surface area contributed by atoms with E-state index in [0.29, 0.717) is 28.6 Å². The molecule has 2 amide bonds. The first kappa shape index (κ1) is 19.5. The van der Waals surface area contributed by atoms with Gasteiger partial charge >= 0.3 is 0 Å². The summed E-state index contributed by atoms with van der Waals surface area (Å²) in [5.41, 5.74) is 1.85. The number of hydrogen-bond donors (Lipinski definition) is 2. The molecule has 0 radical (unpaired) electrons. The van der Waals surface area contributed by atoms with E-state index in [-0.39, 0.29) is 18.4 Å². The lowest BCUT2D eigenvalue weighted by Gasteiger charge is -2.12. The molecule has 0 saturated heterocycles. The van der Waals surface area contributed by atoms with Crippen molar-refractivity contribution in [1.29, 1.82) is 0 Å². The number of para-hydroxylation sites is 2. The average Bonchev–Trinajstić information content (AvgIpc) is 2.72. The highest BCUT2D eigenvalue weighted by Gasteiger charge is 2.13. The lowest BCUT2D eigenvalue weighted by molar-refractivity contribution is -0.123. The minimum atomic E-state index is -0.307. The summed E-state index contributed by atoms with van der Waals surface area (Å²) in [5.74, 6) is -0.278. The highest BCUT2D eigenvalue weighted by molar-refractivity contribution is 6.31. The van der Waals surface area contributed by atoms with Crippen LogP contribution in [-0.2, 0) is 11.3 Å². The molecule has 2 N–H and O–H groups in total. The highest BCUT2D eigenvalue weighted by Crippen LogP contribution is 2.20. The van der Waals surface area contributed by atoms with Crippen LogP contribution in [0.4, 0.5) is 5.69 Å². The molecule has 142 valence electrons. The molecule has 0 aromatic heterocycles. The molecule has 0 aliphatic heterocycles. The Bertz CT molecular complexity index is 961. The summed E-state index contributed by atoms with van der Waals surface area (Å²) in [6, 6.07) is 23.2. The topological polar surface area (TPSA) is 67.4 Å². The molecule has 5 nitrogen and oxygen atoms in total. The largest absolute Gasteiger partial charge is 0.483 e. The predicted octanol–water partition coefficient (Wildman–Crippen LogP) is 4.29. The average molecular weight is 395 g/mol. The van der Waals surface area contributed by atoms with Crippen LogP contribution in [0.15, 0.2) is 78.9 Å². The van der Waals surface area contributed by atoms with Gasteiger partial charge in [-0.05, 0) is 35.9 Å². The van der Waals surface area contributed by atoms with Gasteiger partial charge in [-0.25, -0.2) is 0 Å². The molecule has 3 aromatic carbocycles. The molecule has 6 heteroatoms. The zero-order valence-electron chi connectivity index (χ0n) is 15.0. The Labute approximate surface area is 168 Å². The van der Waals surface area contributed by atoms with Crippen LogP contribution in [0.5, 0.6) is 5.75 Å². The lowest BCUT2D eigenvalue weighted by Crippen LogP contribution is -2.29. The maximum atomic E-state index is 12.5. The van der Waals surface area contributed by atoms with Crippen LogP contribution in [0.2, 0.25) is 5.02 Å². The molecule has 0 bridgehead atoms. The Hall–Kier alpha value is -3.31. The first-order chi connectivity index (χ1) is 13.6. The fourth-order valence-corrected chi connectivity index (χ4v) is 2.73. The quantitative estimate of drug-likeness (QED) is 0.628.